The molecule has 0 radical (unpaired) electrons. The molecule has 0 unspecified atom stereocenters. The van der Waals surface area contributed by atoms with Crippen molar-refractivity contribution in [2.75, 3.05) is 5.32 Å². The number of benzene rings is 1. The van der Waals surface area contributed by atoms with E-state index in [1.54, 1.807) is 0 Å². The van der Waals surface area contributed by atoms with Crippen molar-refractivity contribution in [1.29, 1.82) is 0 Å². The Morgan fingerprint density at radius 2 is 1.83 bits per heavy atom. The lowest BCUT2D eigenvalue weighted by Crippen LogP contribution is -2.25. The fraction of sp³-hybridized carbons (Fsp3) is 0.353. The average molecular weight is 312 g/mol. The van der Waals surface area contributed by atoms with Crippen molar-refractivity contribution in [3.05, 3.63) is 42.2 Å². The van der Waals surface area contributed by atoms with Crippen molar-refractivity contribution in [2.24, 2.45) is 0 Å². The second-order valence-corrected chi connectivity index (χ2v) is 5.86. The molecule has 1 aromatic carbocycles. The highest BCUT2D eigenvalue weighted by Gasteiger charge is 2.23. The van der Waals surface area contributed by atoms with E-state index in [1.165, 1.54) is 12.4 Å². The highest BCUT2D eigenvalue weighted by molar-refractivity contribution is 5.94. The number of nitrogens with zero attached hydrogens (tertiary/aromatic N) is 2. The third kappa shape index (κ3) is 4.42. The summed E-state index contributed by atoms with van der Waals surface area (Å²) in [5, 5.41) is 6.00. The SMILES string of the molecule is CC(C)Oc1ccc(Nc2ncc(C(=O)NC3CC3)cn2)cc1. The van der Waals surface area contributed by atoms with Crippen LogP contribution in [0.3, 0.4) is 0 Å². The third-order valence-corrected chi connectivity index (χ3v) is 3.31. The fourth-order valence-electron chi connectivity index (χ4n) is 2.02. The van der Waals surface area contributed by atoms with Gasteiger partial charge in [0.15, 0.2) is 0 Å². The van der Waals surface area contributed by atoms with Crippen LogP contribution in [-0.2, 0) is 0 Å². The van der Waals surface area contributed by atoms with Gasteiger partial charge >= 0.3 is 0 Å². The molecule has 1 amide bonds. The van der Waals surface area contributed by atoms with Gasteiger partial charge in [-0.25, -0.2) is 9.97 Å². The van der Waals surface area contributed by atoms with Crippen molar-refractivity contribution in [2.45, 2.75) is 38.8 Å². The Balaban J connectivity index is 1.60. The Morgan fingerprint density at radius 1 is 1.17 bits per heavy atom. The predicted molar refractivity (Wildman–Crippen MR) is 88.0 cm³/mol. The van der Waals surface area contributed by atoms with Gasteiger partial charge in [0.05, 0.1) is 11.7 Å². The van der Waals surface area contributed by atoms with Crippen LogP contribution in [0, 0.1) is 0 Å². The largest absolute Gasteiger partial charge is 0.491 e. The Bertz CT molecular complexity index is 664. The molecule has 3 rings (SSSR count). The number of ether oxygens (including phenoxy) is 1. The molecule has 2 aromatic rings. The van der Waals surface area contributed by atoms with Crippen molar-refractivity contribution in [1.82, 2.24) is 15.3 Å². The first kappa shape index (κ1) is 15.3. The first-order chi connectivity index (χ1) is 11.1. The second-order valence-electron chi connectivity index (χ2n) is 5.86. The van der Waals surface area contributed by atoms with Crippen molar-refractivity contribution in [3.63, 3.8) is 0 Å². The molecule has 1 aromatic heterocycles. The molecule has 1 heterocycles. The van der Waals surface area contributed by atoms with Gasteiger partial charge in [-0.3, -0.25) is 4.79 Å². The molecule has 0 bridgehead atoms. The van der Waals surface area contributed by atoms with Crippen LogP contribution in [-0.4, -0.2) is 28.0 Å². The van der Waals surface area contributed by atoms with Crippen molar-refractivity contribution < 1.29 is 9.53 Å². The van der Waals surface area contributed by atoms with Crippen LogP contribution in [0.2, 0.25) is 0 Å². The topological polar surface area (TPSA) is 76.1 Å². The number of nitrogens with one attached hydrogen (secondary N) is 2. The second kappa shape index (κ2) is 6.64. The number of carbonyl (C=O) groups excluding carboxylic acids is 1. The molecule has 6 heteroatoms. The summed E-state index contributed by atoms with van der Waals surface area (Å²) in [5.74, 6) is 1.15. The summed E-state index contributed by atoms with van der Waals surface area (Å²) >= 11 is 0. The van der Waals surface area contributed by atoms with Crippen LogP contribution in [0.1, 0.15) is 37.0 Å². The fourth-order valence-corrected chi connectivity index (χ4v) is 2.02. The third-order valence-electron chi connectivity index (χ3n) is 3.31. The lowest BCUT2D eigenvalue weighted by atomic mass is 10.3. The van der Waals surface area contributed by atoms with Crippen molar-refractivity contribution in [3.8, 4) is 5.75 Å². The van der Waals surface area contributed by atoms with E-state index >= 15 is 0 Å². The molecule has 2 N–H and O–H groups in total. The van der Waals surface area contributed by atoms with Gasteiger partial charge in [0.2, 0.25) is 5.95 Å². The molecule has 1 aliphatic carbocycles. The molecular formula is C17H20N4O2. The highest BCUT2D eigenvalue weighted by Crippen LogP contribution is 2.20. The van der Waals surface area contributed by atoms with Crippen LogP contribution >= 0.6 is 0 Å². The van der Waals surface area contributed by atoms with E-state index in [0.29, 0.717) is 17.6 Å². The Hall–Kier alpha value is -2.63. The quantitative estimate of drug-likeness (QED) is 0.857. The lowest BCUT2D eigenvalue weighted by Gasteiger charge is -2.10. The first-order valence-corrected chi connectivity index (χ1v) is 7.77. The molecule has 0 saturated heterocycles. The molecule has 0 aliphatic heterocycles. The van der Waals surface area contributed by atoms with E-state index < -0.39 is 0 Å². The average Bonchev–Trinajstić information content (AvgIpc) is 3.33. The minimum Gasteiger partial charge on any atom is -0.491 e. The summed E-state index contributed by atoms with van der Waals surface area (Å²) in [7, 11) is 0. The zero-order valence-electron chi connectivity index (χ0n) is 13.2. The molecule has 120 valence electrons. The number of carbonyl (C=O) groups is 1. The van der Waals surface area contributed by atoms with E-state index in [2.05, 4.69) is 20.6 Å². The summed E-state index contributed by atoms with van der Waals surface area (Å²) in [6.07, 6.45) is 5.32. The standard InChI is InChI=1S/C17H20N4O2/c1-11(2)23-15-7-5-14(6-8-15)21-17-18-9-12(10-19-17)16(22)20-13-3-4-13/h5-11,13H,3-4H2,1-2H3,(H,20,22)(H,18,19,21). The molecule has 1 aliphatic rings. The first-order valence-electron chi connectivity index (χ1n) is 7.77. The number of hydrogen-bond acceptors (Lipinski definition) is 5. The van der Waals surface area contributed by atoms with Crippen LogP contribution in [0.25, 0.3) is 0 Å². The number of hydrogen-bond donors (Lipinski definition) is 2. The maximum atomic E-state index is 11.9. The van der Waals surface area contributed by atoms with Crippen LogP contribution in [0.5, 0.6) is 5.75 Å². The Labute approximate surface area is 135 Å². The summed E-state index contributed by atoms with van der Waals surface area (Å²) < 4.78 is 5.59. The summed E-state index contributed by atoms with van der Waals surface area (Å²) in [4.78, 5) is 20.2. The molecule has 0 spiro atoms. The minimum atomic E-state index is -0.116. The highest BCUT2D eigenvalue weighted by atomic mass is 16.5. The van der Waals surface area contributed by atoms with E-state index in [1.807, 2.05) is 38.1 Å². The Morgan fingerprint density at radius 3 is 2.39 bits per heavy atom. The maximum Gasteiger partial charge on any atom is 0.254 e. The normalized spacial score (nSPS) is 13.7. The van der Waals surface area contributed by atoms with Gasteiger partial charge in [-0.15, -0.1) is 0 Å². The number of amides is 1. The van der Waals surface area contributed by atoms with E-state index in [0.717, 1.165) is 24.3 Å². The molecule has 23 heavy (non-hydrogen) atoms. The van der Waals surface area contributed by atoms with E-state index in [-0.39, 0.29) is 12.0 Å². The van der Waals surface area contributed by atoms with Gasteiger partial charge in [-0.2, -0.15) is 0 Å². The molecular weight excluding hydrogens is 292 g/mol. The zero-order chi connectivity index (χ0) is 16.2. The molecule has 6 nitrogen and oxygen atoms in total. The molecule has 1 saturated carbocycles. The van der Waals surface area contributed by atoms with Crippen LogP contribution in [0.4, 0.5) is 11.6 Å². The van der Waals surface area contributed by atoms with Gasteiger partial charge in [-0.1, -0.05) is 0 Å². The zero-order valence-corrected chi connectivity index (χ0v) is 13.2. The summed E-state index contributed by atoms with van der Waals surface area (Å²) in [6, 6.07) is 7.90. The smallest absolute Gasteiger partial charge is 0.254 e. The maximum absolute atomic E-state index is 11.9. The molecule has 0 atom stereocenters. The van der Waals surface area contributed by atoms with Crippen molar-refractivity contribution >= 4 is 17.5 Å². The van der Waals surface area contributed by atoms with Gasteiger partial charge in [0, 0.05) is 24.1 Å². The van der Waals surface area contributed by atoms with Gasteiger partial charge in [-0.05, 0) is 51.0 Å². The summed E-state index contributed by atoms with van der Waals surface area (Å²) in [5.41, 5.74) is 1.33. The van der Waals surface area contributed by atoms with Gasteiger partial charge in [0.1, 0.15) is 5.75 Å². The monoisotopic (exact) mass is 312 g/mol. The summed E-state index contributed by atoms with van der Waals surface area (Å²) in [6.45, 7) is 3.97. The number of rotatable bonds is 6. The molecule has 1 fully saturated rings. The van der Waals surface area contributed by atoms with Gasteiger partial charge < -0.3 is 15.4 Å². The van der Waals surface area contributed by atoms with E-state index in [4.69, 9.17) is 4.74 Å². The Kier molecular flexibility index (Phi) is 4.41. The van der Waals surface area contributed by atoms with Gasteiger partial charge in [0.25, 0.3) is 5.91 Å². The van der Waals surface area contributed by atoms with E-state index in [9.17, 15) is 4.79 Å². The number of anilines is 2. The van der Waals surface area contributed by atoms with Crippen LogP contribution < -0.4 is 15.4 Å². The minimum absolute atomic E-state index is 0.116. The number of aromatic nitrogens is 2. The van der Waals surface area contributed by atoms with Crippen LogP contribution in [0.15, 0.2) is 36.7 Å². The lowest BCUT2D eigenvalue weighted by molar-refractivity contribution is 0.0950. The predicted octanol–water partition coefficient (Wildman–Crippen LogP) is 2.90.